The number of anilines is 1. The number of carbonyl (C=O) groups is 2. The summed E-state index contributed by atoms with van der Waals surface area (Å²) < 4.78 is 6.52. The molecule has 1 heterocycles. The van der Waals surface area contributed by atoms with Crippen molar-refractivity contribution in [3.8, 4) is 0 Å². The van der Waals surface area contributed by atoms with Crippen molar-refractivity contribution in [2.45, 2.75) is 39.1 Å². The maximum atomic E-state index is 12.4. The van der Waals surface area contributed by atoms with Gasteiger partial charge in [0, 0.05) is 19.3 Å². The van der Waals surface area contributed by atoms with Crippen LogP contribution >= 0.6 is 11.8 Å². The van der Waals surface area contributed by atoms with Crippen molar-refractivity contribution in [2.24, 2.45) is 0 Å². The van der Waals surface area contributed by atoms with Gasteiger partial charge in [0.05, 0.1) is 30.9 Å². The third-order valence-electron chi connectivity index (χ3n) is 4.27. The van der Waals surface area contributed by atoms with Gasteiger partial charge in [-0.15, -0.1) is 0 Å². The van der Waals surface area contributed by atoms with Crippen LogP contribution in [0.15, 0.2) is 23.5 Å². The number of hydrogen-bond donors (Lipinski definition) is 3. The molecule has 8 nitrogen and oxygen atoms in total. The van der Waals surface area contributed by atoms with Gasteiger partial charge >= 0.3 is 0 Å². The second-order valence-corrected chi connectivity index (χ2v) is 7.67. The van der Waals surface area contributed by atoms with Crippen molar-refractivity contribution in [1.82, 2.24) is 14.9 Å². The molecule has 2 rings (SSSR count). The fourth-order valence-corrected chi connectivity index (χ4v) is 3.77. The predicted octanol–water partition coefficient (Wildman–Crippen LogP) is 1.79. The van der Waals surface area contributed by atoms with Gasteiger partial charge < -0.3 is 25.0 Å². The molecule has 9 heteroatoms. The summed E-state index contributed by atoms with van der Waals surface area (Å²) in [6, 6.07) is 4.05. The lowest BCUT2D eigenvalue weighted by Gasteiger charge is -2.13. The third-order valence-corrected chi connectivity index (χ3v) is 5.26. The highest BCUT2D eigenvalue weighted by Crippen LogP contribution is 2.23. The Morgan fingerprint density at radius 3 is 2.52 bits per heavy atom. The lowest BCUT2D eigenvalue weighted by Crippen LogP contribution is -2.31. The smallest absolute Gasteiger partial charge is 0.240 e. The van der Waals surface area contributed by atoms with Crippen LogP contribution in [-0.4, -0.2) is 52.5 Å². The highest BCUT2D eigenvalue weighted by atomic mass is 32.2. The zero-order valence-corrected chi connectivity index (χ0v) is 18.1. The highest BCUT2D eigenvalue weighted by Gasteiger charge is 2.15. The van der Waals surface area contributed by atoms with Crippen LogP contribution in [0.3, 0.4) is 0 Å². The predicted molar refractivity (Wildman–Crippen MR) is 113 cm³/mol. The fraction of sp³-hybridized carbons (Fsp3) is 0.450. The van der Waals surface area contributed by atoms with Gasteiger partial charge in [0.15, 0.2) is 5.16 Å². The molecule has 1 aromatic heterocycles. The summed E-state index contributed by atoms with van der Waals surface area (Å²) in [6.07, 6.45) is 1.51. The number of amides is 2. The number of aryl methyl sites for hydroxylation is 3. The number of methoxy groups -OCH3 is 1. The molecule has 158 valence electrons. The molecule has 0 spiro atoms. The maximum absolute atomic E-state index is 12.4. The third kappa shape index (κ3) is 6.59. The Morgan fingerprint density at radius 2 is 1.90 bits per heavy atom. The first-order valence-corrected chi connectivity index (χ1v) is 10.3. The number of benzene rings is 1. The summed E-state index contributed by atoms with van der Waals surface area (Å²) in [6.45, 7) is 6.54. The van der Waals surface area contributed by atoms with E-state index in [-0.39, 0.29) is 30.7 Å². The average molecular weight is 421 g/mol. The summed E-state index contributed by atoms with van der Waals surface area (Å²) >= 11 is 1.22. The molecule has 2 aromatic rings. The summed E-state index contributed by atoms with van der Waals surface area (Å²) in [5.41, 5.74) is 4.50. The Kier molecular flexibility index (Phi) is 8.69. The number of nitrogens with zero attached hydrogens (tertiary/aromatic N) is 2. The number of imidazole rings is 1. The number of ether oxygens (including phenoxy) is 1. The van der Waals surface area contributed by atoms with E-state index in [1.54, 1.807) is 11.7 Å². The normalized spacial score (nSPS) is 10.8. The van der Waals surface area contributed by atoms with E-state index in [1.807, 2.05) is 32.9 Å². The zero-order valence-electron chi connectivity index (χ0n) is 17.2. The van der Waals surface area contributed by atoms with Crippen molar-refractivity contribution in [2.75, 3.05) is 31.3 Å². The van der Waals surface area contributed by atoms with E-state index in [0.717, 1.165) is 22.4 Å². The fourth-order valence-electron chi connectivity index (χ4n) is 2.98. The SMILES string of the molecule is COCCNC(=O)Cn1c(CO)cnc1SCC(=O)Nc1c(C)cc(C)cc1C. The zero-order chi connectivity index (χ0) is 21.4. The minimum atomic E-state index is -0.243. The van der Waals surface area contributed by atoms with Crippen LogP contribution in [0.2, 0.25) is 0 Å². The first-order chi connectivity index (χ1) is 13.8. The highest BCUT2D eigenvalue weighted by molar-refractivity contribution is 7.99. The first-order valence-electron chi connectivity index (χ1n) is 9.27. The van der Waals surface area contributed by atoms with Crippen LogP contribution in [0.5, 0.6) is 0 Å². The van der Waals surface area contributed by atoms with Crippen molar-refractivity contribution >= 4 is 29.3 Å². The topological polar surface area (TPSA) is 105 Å². The van der Waals surface area contributed by atoms with Gasteiger partial charge in [-0.1, -0.05) is 29.5 Å². The molecule has 29 heavy (non-hydrogen) atoms. The number of thioether (sulfide) groups is 1. The van der Waals surface area contributed by atoms with Gasteiger partial charge in [-0.2, -0.15) is 0 Å². The van der Waals surface area contributed by atoms with Gasteiger partial charge in [-0.25, -0.2) is 4.98 Å². The Labute approximate surface area is 175 Å². The number of hydrogen-bond acceptors (Lipinski definition) is 6. The van der Waals surface area contributed by atoms with Crippen LogP contribution in [0.1, 0.15) is 22.4 Å². The Morgan fingerprint density at radius 1 is 1.21 bits per heavy atom. The molecule has 2 amide bonds. The Balaban J connectivity index is 2.00. The molecule has 0 saturated carbocycles. The maximum Gasteiger partial charge on any atom is 0.240 e. The van der Waals surface area contributed by atoms with Crippen molar-refractivity contribution in [1.29, 1.82) is 0 Å². The van der Waals surface area contributed by atoms with E-state index in [4.69, 9.17) is 4.74 Å². The number of aliphatic hydroxyl groups excluding tert-OH is 1. The van der Waals surface area contributed by atoms with Crippen LogP contribution in [0.4, 0.5) is 5.69 Å². The molecule has 0 unspecified atom stereocenters. The Hall–Kier alpha value is -2.36. The van der Waals surface area contributed by atoms with E-state index in [2.05, 4.69) is 15.6 Å². The van der Waals surface area contributed by atoms with Gasteiger partial charge in [0.1, 0.15) is 6.54 Å². The van der Waals surface area contributed by atoms with Crippen molar-refractivity contribution < 1.29 is 19.4 Å². The standard InChI is InChI=1S/C20H28N4O4S/c1-13-7-14(2)19(15(3)8-13)23-18(27)12-29-20-22-9-16(11-25)24(20)10-17(26)21-5-6-28-4/h7-9,25H,5-6,10-12H2,1-4H3,(H,21,26)(H,23,27). The molecule has 0 bridgehead atoms. The largest absolute Gasteiger partial charge is 0.390 e. The van der Waals surface area contributed by atoms with E-state index in [1.165, 1.54) is 18.0 Å². The van der Waals surface area contributed by atoms with Crippen LogP contribution < -0.4 is 10.6 Å². The summed E-state index contributed by atoms with van der Waals surface area (Å²) in [4.78, 5) is 28.8. The van der Waals surface area contributed by atoms with Crippen molar-refractivity contribution in [3.05, 3.63) is 40.7 Å². The van der Waals surface area contributed by atoms with Gasteiger partial charge in [0.25, 0.3) is 0 Å². The number of carbonyl (C=O) groups excluding carboxylic acids is 2. The van der Waals surface area contributed by atoms with E-state index >= 15 is 0 Å². The summed E-state index contributed by atoms with van der Waals surface area (Å²) in [5.74, 6) is -0.235. The van der Waals surface area contributed by atoms with E-state index in [0.29, 0.717) is 24.0 Å². The molecule has 0 aliphatic carbocycles. The van der Waals surface area contributed by atoms with E-state index < -0.39 is 0 Å². The van der Waals surface area contributed by atoms with Gasteiger partial charge in [0.2, 0.25) is 11.8 Å². The average Bonchev–Trinajstić information content (AvgIpc) is 3.04. The molecule has 0 aliphatic rings. The quantitative estimate of drug-likeness (QED) is 0.400. The molecule has 0 atom stereocenters. The molecular formula is C20H28N4O4S. The number of rotatable bonds is 10. The second-order valence-electron chi connectivity index (χ2n) is 6.73. The monoisotopic (exact) mass is 420 g/mol. The molecule has 0 aliphatic heterocycles. The van der Waals surface area contributed by atoms with E-state index in [9.17, 15) is 14.7 Å². The van der Waals surface area contributed by atoms with Crippen LogP contribution in [0.25, 0.3) is 0 Å². The lowest BCUT2D eigenvalue weighted by molar-refractivity contribution is -0.122. The number of aliphatic hydroxyl groups is 1. The molecule has 3 N–H and O–H groups in total. The van der Waals surface area contributed by atoms with Crippen LogP contribution in [0, 0.1) is 20.8 Å². The number of aromatic nitrogens is 2. The molecular weight excluding hydrogens is 392 g/mol. The molecule has 0 saturated heterocycles. The summed E-state index contributed by atoms with van der Waals surface area (Å²) in [5, 5.41) is 15.7. The van der Waals surface area contributed by atoms with Crippen molar-refractivity contribution in [3.63, 3.8) is 0 Å². The minimum Gasteiger partial charge on any atom is -0.390 e. The second kappa shape index (κ2) is 11.0. The number of nitrogens with one attached hydrogen (secondary N) is 2. The van der Waals surface area contributed by atoms with Crippen LogP contribution in [-0.2, 0) is 27.5 Å². The minimum absolute atomic E-state index is 0.0136. The Bertz CT molecular complexity index is 843. The molecule has 0 fully saturated rings. The lowest BCUT2D eigenvalue weighted by atomic mass is 10.1. The summed E-state index contributed by atoms with van der Waals surface area (Å²) in [7, 11) is 1.56. The van der Waals surface area contributed by atoms with Gasteiger partial charge in [-0.05, 0) is 31.9 Å². The van der Waals surface area contributed by atoms with Gasteiger partial charge in [-0.3, -0.25) is 9.59 Å². The molecule has 0 radical (unpaired) electrons. The first kappa shape index (κ1) is 22.9. The molecule has 1 aromatic carbocycles.